The molecule has 2 nitrogen and oxygen atoms in total. The van der Waals surface area contributed by atoms with Crippen molar-refractivity contribution in [2.24, 2.45) is 0 Å². The Morgan fingerprint density at radius 1 is 0.436 bits per heavy atom. The lowest BCUT2D eigenvalue weighted by molar-refractivity contribution is -0.704. The highest BCUT2D eigenvalue weighted by atomic mass is 15.1. The monoisotopic (exact) mass is 546 g/mol. The van der Waals surface area contributed by atoms with Gasteiger partial charge in [-0.15, -0.1) is 0 Å². The Balaban J connectivity index is 2.08. The van der Waals surface area contributed by atoms with E-state index in [-0.39, 0.29) is 0 Å². The zero-order valence-corrected chi connectivity index (χ0v) is 27.5. The van der Waals surface area contributed by atoms with Crippen LogP contribution in [0.25, 0.3) is 0 Å². The summed E-state index contributed by atoms with van der Waals surface area (Å²) in [5.74, 6) is 1.59. The smallest absolute Gasteiger partial charge is 0.234 e. The summed E-state index contributed by atoms with van der Waals surface area (Å²) < 4.78 is 5.19. The molecule has 1 aromatic rings. The molecule has 1 rings (SSSR count). The molecule has 0 aromatic carbocycles. The molecule has 0 aliphatic heterocycles. The van der Waals surface area contributed by atoms with E-state index in [0.29, 0.717) is 0 Å². The van der Waals surface area contributed by atoms with Gasteiger partial charge in [-0.25, -0.2) is 9.13 Å². The van der Waals surface area contributed by atoms with Crippen LogP contribution in [0.2, 0.25) is 0 Å². The average molecular weight is 546 g/mol. The van der Waals surface area contributed by atoms with Crippen molar-refractivity contribution in [2.45, 2.75) is 220 Å². The molecule has 0 saturated heterocycles. The molecule has 230 valence electrons. The molecule has 2 heteroatoms. The summed E-state index contributed by atoms with van der Waals surface area (Å²) in [6.45, 7) is 9.39. The van der Waals surface area contributed by atoms with Crippen LogP contribution in [0.3, 0.4) is 0 Å². The Morgan fingerprint density at radius 3 is 1.21 bits per heavy atom. The van der Waals surface area contributed by atoms with Crippen molar-refractivity contribution in [1.82, 2.24) is 4.57 Å². The number of nitrogens with zero attached hydrogens (tertiary/aromatic N) is 2. The molecule has 0 fully saturated rings. The molecule has 0 unspecified atom stereocenters. The van der Waals surface area contributed by atoms with Gasteiger partial charge in [-0.3, -0.25) is 0 Å². The topological polar surface area (TPSA) is 8.81 Å². The van der Waals surface area contributed by atoms with Crippen molar-refractivity contribution < 1.29 is 4.57 Å². The van der Waals surface area contributed by atoms with Gasteiger partial charge >= 0.3 is 0 Å². The second kappa shape index (κ2) is 28.7. The highest BCUT2D eigenvalue weighted by Gasteiger charge is 2.16. The quantitative estimate of drug-likeness (QED) is 0.0648. The molecule has 0 bridgehead atoms. The first kappa shape index (κ1) is 36.2. The Hall–Kier alpha value is -0.790. The van der Waals surface area contributed by atoms with E-state index in [9.17, 15) is 0 Å². The van der Waals surface area contributed by atoms with Crippen LogP contribution in [0, 0.1) is 0 Å². The van der Waals surface area contributed by atoms with E-state index in [1.807, 2.05) is 0 Å². The maximum Gasteiger partial charge on any atom is 0.256 e. The molecule has 0 radical (unpaired) electrons. The first-order valence-electron chi connectivity index (χ1n) is 18.4. The minimum absolute atomic E-state index is 1.22. The second-order valence-corrected chi connectivity index (χ2v) is 12.7. The van der Waals surface area contributed by atoms with Crippen molar-refractivity contribution in [1.29, 1.82) is 0 Å². The highest BCUT2D eigenvalue weighted by molar-refractivity contribution is 4.84. The first-order valence-corrected chi connectivity index (χ1v) is 18.4. The van der Waals surface area contributed by atoms with E-state index in [1.54, 1.807) is 5.82 Å². The van der Waals surface area contributed by atoms with Gasteiger partial charge < -0.3 is 0 Å². The number of hydrogen-bond donors (Lipinski definition) is 0. The Labute approximate surface area is 247 Å². The molecule has 0 saturated carbocycles. The average Bonchev–Trinajstić information content (AvgIpc) is 3.33. The standard InChI is InChI=1S/C37H73N2/c1-4-7-10-12-14-16-18-20-21-23-25-27-29-31-34-39-36-35-38(37(39)32-9-6-3)33-30-28-26-24-22-19-17-15-13-11-8-5-2/h35-36H,4-34H2,1-3H3/q+1. The molecular weight excluding hydrogens is 472 g/mol. The zero-order chi connectivity index (χ0) is 28.1. The number of imidazole rings is 1. The summed E-state index contributed by atoms with van der Waals surface area (Å²) in [5, 5.41) is 0. The summed E-state index contributed by atoms with van der Waals surface area (Å²) in [6, 6.07) is 0. The van der Waals surface area contributed by atoms with E-state index in [2.05, 4.69) is 42.3 Å². The fourth-order valence-electron chi connectivity index (χ4n) is 6.13. The van der Waals surface area contributed by atoms with E-state index in [4.69, 9.17) is 0 Å². The number of aromatic nitrogens is 2. The van der Waals surface area contributed by atoms with Crippen LogP contribution < -0.4 is 4.57 Å². The van der Waals surface area contributed by atoms with Gasteiger partial charge in [0.25, 0.3) is 5.82 Å². The van der Waals surface area contributed by atoms with Gasteiger partial charge in [0.1, 0.15) is 12.4 Å². The van der Waals surface area contributed by atoms with E-state index in [1.165, 1.54) is 199 Å². The summed E-state index contributed by atoms with van der Waals surface area (Å²) in [4.78, 5) is 0. The lowest BCUT2D eigenvalue weighted by Gasteiger charge is -2.06. The van der Waals surface area contributed by atoms with Gasteiger partial charge in [-0.1, -0.05) is 168 Å². The molecule has 0 spiro atoms. The number of aryl methyl sites for hydroxylation is 2. The van der Waals surface area contributed by atoms with Crippen LogP contribution >= 0.6 is 0 Å². The molecular formula is C37H73N2+. The summed E-state index contributed by atoms with van der Waals surface area (Å²) >= 11 is 0. The fourth-order valence-corrected chi connectivity index (χ4v) is 6.13. The molecule has 39 heavy (non-hydrogen) atoms. The van der Waals surface area contributed by atoms with Gasteiger partial charge in [0.2, 0.25) is 0 Å². The Morgan fingerprint density at radius 2 is 0.795 bits per heavy atom. The van der Waals surface area contributed by atoms with E-state index >= 15 is 0 Å². The van der Waals surface area contributed by atoms with Crippen LogP contribution in [-0.2, 0) is 19.5 Å². The Kier molecular flexibility index (Phi) is 26.7. The SMILES string of the molecule is CCCCCCCCCCCCCCCC[n+]1ccn(CCCCCCCCCCCCCC)c1CCCC. The molecule has 1 heterocycles. The Bertz CT molecular complexity index is 605. The minimum Gasteiger partial charge on any atom is -0.234 e. The van der Waals surface area contributed by atoms with E-state index in [0.717, 1.165) is 0 Å². The lowest BCUT2D eigenvalue weighted by atomic mass is 10.0. The maximum absolute atomic E-state index is 2.59. The summed E-state index contributed by atoms with van der Waals surface area (Å²) in [7, 11) is 0. The number of hydrogen-bond acceptors (Lipinski definition) is 0. The normalized spacial score (nSPS) is 11.6. The molecule has 0 atom stereocenters. The molecule has 1 aromatic heterocycles. The third kappa shape index (κ3) is 21.6. The maximum atomic E-state index is 2.59. The van der Waals surface area contributed by atoms with Crippen LogP contribution in [0.1, 0.15) is 206 Å². The van der Waals surface area contributed by atoms with Gasteiger partial charge in [0.15, 0.2) is 0 Å². The van der Waals surface area contributed by atoms with Crippen molar-refractivity contribution in [2.75, 3.05) is 0 Å². The van der Waals surface area contributed by atoms with Crippen LogP contribution in [0.15, 0.2) is 12.4 Å². The molecule has 0 aliphatic carbocycles. The van der Waals surface area contributed by atoms with Crippen molar-refractivity contribution in [3.05, 3.63) is 18.2 Å². The van der Waals surface area contributed by atoms with Crippen molar-refractivity contribution in [3.8, 4) is 0 Å². The third-order valence-electron chi connectivity index (χ3n) is 8.85. The van der Waals surface area contributed by atoms with E-state index < -0.39 is 0 Å². The summed E-state index contributed by atoms with van der Waals surface area (Å²) in [5.41, 5.74) is 0. The number of rotatable bonds is 31. The van der Waals surface area contributed by atoms with Crippen LogP contribution in [-0.4, -0.2) is 4.57 Å². The van der Waals surface area contributed by atoms with Gasteiger partial charge in [0.05, 0.1) is 13.1 Å². The molecule has 0 aliphatic rings. The molecule has 0 N–H and O–H groups in total. The molecule has 0 amide bonds. The second-order valence-electron chi connectivity index (χ2n) is 12.7. The van der Waals surface area contributed by atoms with Gasteiger partial charge in [-0.2, -0.15) is 0 Å². The van der Waals surface area contributed by atoms with Crippen molar-refractivity contribution >= 4 is 0 Å². The third-order valence-corrected chi connectivity index (χ3v) is 8.85. The van der Waals surface area contributed by atoms with Gasteiger partial charge in [-0.05, 0) is 32.1 Å². The predicted molar refractivity (Wildman–Crippen MR) is 175 cm³/mol. The van der Waals surface area contributed by atoms with Gasteiger partial charge in [0, 0.05) is 6.42 Å². The number of unbranched alkanes of at least 4 members (excludes halogenated alkanes) is 25. The zero-order valence-electron chi connectivity index (χ0n) is 27.5. The van der Waals surface area contributed by atoms with Crippen LogP contribution in [0.4, 0.5) is 0 Å². The van der Waals surface area contributed by atoms with Crippen LogP contribution in [0.5, 0.6) is 0 Å². The summed E-state index contributed by atoms with van der Waals surface area (Å²) in [6.07, 6.45) is 46.0. The predicted octanol–water partition coefficient (Wildman–Crippen LogP) is 12.3. The first-order chi connectivity index (χ1) is 19.3. The lowest BCUT2D eigenvalue weighted by Crippen LogP contribution is -2.37. The largest absolute Gasteiger partial charge is 0.256 e. The fraction of sp³-hybridized carbons (Fsp3) is 0.919. The minimum atomic E-state index is 1.22. The van der Waals surface area contributed by atoms with Crippen molar-refractivity contribution in [3.63, 3.8) is 0 Å². The highest BCUT2D eigenvalue weighted by Crippen LogP contribution is 2.15.